The highest BCUT2D eigenvalue weighted by Crippen LogP contribution is 2.34. The number of ether oxygens (including phenoxy) is 1. The molecule has 2 aromatic carbocycles. The summed E-state index contributed by atoms with van der Waals surface area (Å²) in [7, 11) is -2.36. The second kappa shape index (κ2) is 6.11. The maximum absolute atomic E-state index is 13.0. The lowest BCUT2D eigenvalue weighted by molar-refractivity contribution is 0.0982. The van der Waals surface area contributed by atoms with Gasteiger partial charge in [-0.1, -0.05) is 23.2 Å². The summed E-state index contributed by atoms with van der Waals surface area (Å²) in [6.45, 7) is 1.98. The van der Waals surface area contributed by atoms with Gasteiger partial charge in [0.05, 0.1) is 22.7 Å². The quantitative estimate of drug-likeness (QED) is 0.835. The number of benzene rings is 2. The first-order chi connectivity index (χ1) is 11.3. The van der Waals surface area contributed by atoms with Crippen molar-refractivity contribution in [2.24, 2.45) is 0 Å². The van der Waals surface area contributed by atoms with E-state index in [2.05, 4.69) is 0 Å². The van der Waals surface area contributed by atoms with Gasteiger partial charge in [0.25, 0.3) is 10.0 Å². The second-order valence-electron chi connectivity index (χ2n) is 5.57. The molecular formula is C17H16ClNO4S. The summed E-state index contributed by atoms with van der Waals surface area (Å²) < 4.78 is 32.3. The van der Waals surface area contributed by atoms with Crippen LogP contribution in [-0.2, 0) is 10.0 Å². The topological polar surface area (TPSA) is 63.7 Å². The molecule has 0 unspecified atom stereocenters. The standard InChI is InChI=1S/C17H16ClNO4S/c1-11-3-5-15-13(9-11)16(20)7-8-19(15)24(21,22)12-4-6-17(23-2)14(18)10-12/h3-6,9-10H,7-8H2,1-2H3. The third-order valence-electron chi connectivity index (χ3n) is 3.97. The van der Waals surface area contributed by atoms with Crippen LogP contribution in [0.2, 0.25) is 5.02 Å². The van der Waals surface area contributed by atoms with E-state index in [1.54, 1.807) is 18.2 Å². The normalized spacial score (nSPS) is 14.5. The number of hydrogen-bond donors (Lipinski definition) is 0. The number of carbonyl (C=O) groups excluding carboxylic acids is 1. The number of fused-ring (bicyclic) bond motifs is 1. The van der Waals surface area contributed by atoms with Gasteiger partial charge in [0.1, 0.15) is 5.75 Å². The average molecular weight is 366 g/mol. The van der Waals surface area contributed by atoms with Gasteiger partial charge in [-0.3, -0.25) is 9.10 Å². The van der Waals surface area contributed by atoms with Crippen LogP contribution in [0.3, 0.4) is 0 Å². The molecule has 1 heterocycles. The van der Waals surface area contributed by atoms with E-state index in [0.717, 1.165) is 5.56 Å². The highest BCUT2D eigenvalue weighted by molar-refractivity contribution is 7.92. The van der Waals surface area contributed by atoms with Crippen LogP contribution >= 0.6 is 11.6 Å². The van der Waals surface area contributed by atoms with Gasteiger partial charge in [-0.25, -0.2) is 8.42 Å². The summed E-state index contributed by atoms with van der Waals surface area (Å²) in [5.74, 6) is 0.355. The summed E-state index contributed by atoms with van der Waals surface area (Å²) in [6.07, 6.45) is 0.152. The molecule has 0 aliphatic carbocycles. The van der Waals surface area contributed by atoms with E-state index in [1.165, 1.54) is 29.6 Å². The third kappa shape index (κ3) is 2.76. The van der Waals surface area contributed by atoms with Gasteiger partial charge in [0.2, 0.25) is 0 Å². The predicted molar refractivity (Wildman–Crippen MR) is 92.7 cm³/mol. The van der Waals surface area contributed by atoms with Crippen molar-refractivity contribution in [1.82, 2.24) is 0 Å². The van der Waals surface area contributed by atoms with Gasteiger partial charge in [-0.2, -0.15) is 0 Å². The predicted octanol–water partition coefficient (Wildman–Crippen LogP) is 3.44. The molecule has 5 nitrogen and oxygen atoms in total. The lowest BCUT2D eigenvalue weighted by Gasteiger charge is -2.30. The van der Waals surface area contributed by atoms with Crippen LogP contribution in [-0.4, -0.2) is 27.9 Å². The number of nitrogens with zero attached hydrogens (tertiary/aromatic N) is 1. The lowest BCUT2D eigenvalue weighted by atomic mass is 10.0. The number of sulfonamides is 1. The Hall–Kier alpha value is -2.05. The zero-order chi connectivity index (χ0) is 17.5. The molecule has 0 N–H and O–H groups in total. The van der Waals surface area contributed by atoms with Gasteiger partial charge >= 0.3 is 0 Å². The molecule has 0 amide bonds. The number of halogens is 1. The molecule has 1 aliphatic rings. The molecule has 0 spiro atoms. The number of ketones is 1. The van der Waals surface area contributed by atoms with Crippen molar-refractivity contribution in [2.45, 2.75) is 18.2 Å². The maximum atomic E-state index is 13.0. The van der Waals surface area contributed by atoms with Crippen LogP contribution in [0.4, 0.5) is 5.69 Å². The maximum Gasteiger partial charge on any atom is 0.264 e. The van der Waals surface area contributed by atoms with Crippen molar-refractivity contribution in [1.29, 1.82) is 0 Å². The number of anilines is 1. The molecule has 7 heteroatoms. The van der Waals surface area contributed by atoms with E-state index in [4.69, 9.17) is 16.3 Å². The Bertz CT molecular complexity index is 924. The number of carbonyl (C=O) groups is 1. The summed E-state index contributed by atoms with van der Waals surface area (Å²) in [5, 5.41) is 0.218. The Labute approximate surface area is 145 Å². The Balaban J connectivity index is 2.10. The van der Waals surface area contributed by atoms with Gasteiger partial charge < -0.3 is 4.74 Å². The average Bonchev–Trinajstić information content (AvgIpc) is 2.55. The lowest BCUT2D eigenvalue weighted by Crippen LogP contribution is -2.37. The van der Waals surface area contributed by atoms with Crippen molar-refractivity contribution < 1.29 is 17.9 Å². The van der Waals surface area contributed by atoms with Crippen LogP contribution < -0.4 is 9.04 Å². The molecule has 1 aliphatic heterocycles. The molecule has 2 aromatic rings. The summed E-state index contributed by atoms with van der Waals surface area (Å²) in [4.78, 5) is 12.2. The Morgan fingerprint density at radius 1 is 1.17 bits per heavy atom. The summed E-state index contributed by atoms with van der Waals surface area (Å²) in [5.41, 5.74) is 1.75. The van der Waals surface area contributed by atoms with Crippen molar-refractivity contribution in [3.05, 3.63) is 52.5 Å². The first kappa shape index (κ1) is 16.8. The van der Waals surface area contributed by atoms with Crippen molar-refractivity contribution in [2.75, 3.05) is 18.0 Å². The van der Waals surface area contributed by atoms with E-state index in [0.29, 0.717) is 17.0 Å². The molecule has 0 saturated heterocycles. The third-order valence-corrected chi connectivity index (χ3v) is 6.08. The molecule has 126 valence electrons. The van der Waals surface area contributed by atoms with E-state index in [1.807, 2.05) is 6.92 Å². The molecule has 3 rings (SSSR count). The van der Waals surface area contributed by atoms with Gasteiger partial charge in [0.15, 0.2) is 5.78 Å². The minimum absolute atomic E-state index is 0.0482. The highest BCUT2D eigenvalue weighted by atomic mass is 35.5. The monoisotopic (exact) mass is 365 g/mol. The molecule has 24 heavy (non-hydrogen) atoms. The number of rotatable bonds is 3. The zero-order valence-electron chi connectivity index (χ0n) is 13.2. The highest BCUT2D eigenvalue weighted by Gasteiger charge is 2.32. The second-order valence-corrected chi connectivity index (χ2v) is 7.84. The van der Waals surface area contributed by atoms with Crippen LogP contribution in [0.5, 0.6) is 5.75 Å². The number of Topliss-reactive ketones (excluding diaryl/α,β-unsaturated/α-hetero) is 1. The minimum atomic E-state index is -3.82. The number of aryl methyl sites for hydroxylation is 1. The fourth-order valence-electron chi connectivity index (χ4n) is 2.73. The zero-order valence-corrected chi connectivity index (χ0v) is 14.8. The Kier molecular flexibility index (Phi) is 4.27. The molecule has 0 saturated carbocycles. The van der Waals surface area contributed by atoms with Gasteiger partial charge in [0, 0.05) is 18.5 Å². The van der Waals surface area contributed by atoms with Crippen molar-refractivity contribution in [3.8, 4) is 5.75 Å². The van der Waals surface area contributed by atoms with Crippen molar-refractivity contribution in [3.63, 3.8) is 0 Å². The molecule has 0 atom stereocenters. The summed E-state index contributed by atoms with van der Waals surface area (Å²) >= 11 is 6.06. The Morgan fingerprint density at radius 3 is 2.58 bits per heavy atom. The fraction of sp³-hybridized carbons (Fsp3) is 0.235. The van der Waals surface area contributed by atoms with E-state index in [9.17, 15) is 13.2 Å². The van der Waals surface area contributed by atoms with Crippen molar-refractivity contribution >= 4 is 33.1 Å². The smallest absolute Gasteiger partial charge is 0.264 e. The Morgan fingerprint density at radius 2 is 1.92 bits per heavy atom. The van der Waals surface area contributed by atoms with E-state index >= 15 is 0 Å². The van der Waals surface area contributed by atoms with Crippen LogP contribution in [0, 0.1) is 6.92 Å². The molecule has 0 aromatic heterocycles. The van der Waals surface area contributed by atoms with Crippen LogP contribution in [0.25, 0.3) is 0 Å². The van der Waals surface area contributed by atoms with Gasteiger partial charge in [-0.05, 0) is 37.3 Å². The van der Waals surface area contributed by atoms with Crippen LogP contribution in [0.15, 0.2) is 41.3 Å². The molecule has 0 bridgehead atoms. The van der Waals surface area contributed by atoms with Gasteiger partial charge in [-0.15, -0.1) is 0 Å². The number of methoxy groups -OCH3 is 1. The SMILES string of the molecule is COc1ccc(S(=O)(=O)N2CCC(=O)c3cc(C)ccc32)cc1Cl. The first-order valence-electron chi connectivity index (χ1n) is 7.34. The van der Waals surface area contributed by atoms with Crippen LogP contribution in [0.1, 0.15) is 22.3 Å². The largest absolute Gasteiger partial charge is 0.495 e. The summed E-state index contributed by atoms with van der Waals surface area (Å²) in [6, 6.07) is 9.51. The fourth-order valence-corrected chi connectivity index (χ4v) is 4.57. The first-order valence-corrected chi connectivity index (χ1v) is 9.16. The molecule has 0 radical (unpaired) electrons. The minimum Gasteiger partial charge on any atom is -0.495 e. The molecular weight excluding hydrogens is 350 g/mol. The molecule has 0 fully saturated rings. The van der Waals surface area contributed by atoms with E-state index in [-0.39, 0.29) is 28.7 Å². The number of hydrogen-bond acceptors (Lipinski definition) is 4. The van der Waals surface area contributed by atoms with E-state index < -0.39 is 10.0 Å².